The minimum Gasteiger partial charge on any atom is -0.422 e. The molecule has 0 fully saturated rings. The molecule has 4 heterocycles. The highest BCUT2D eigenvalue weighted by molar-refractivity contribution is 7.98. The third kappa shape index (κ3) is 2.41. The van der Waals surface area contributed by atoms with Gasteiger partial charge in [-0.2, -0.15) is 5.10 Å². The molecule has 0 saturated heterocycles. The van der Waals surface area contributed by atoms with E-state index >= 15 is 0 Å². The molecular weight excluding hydrogens is 348 g/mol. The van der Waals surface area contributed by atoms with Crippen LogP contribution in [0.15, 0.2) is 32.7 Å². The Morgan fingerprint density at radius 3 is 2.88 bits per heavy atom. The van der Waals surface area contributed by atoms with E-state index in [1.807, 2.05) is 12.3 Å². The minimum atomic E-state index is -0.366. The van der Waals surface area contributed by atoms with Gasteiger partial charge in [-0.15, -0.1) is 5.10 Å². The Bertz CT molecular complexity index is 1080. The van der Waals surface area contributed by atoms with Gasteiger partial charge in [0.15, 0.2) is 0 Å². The molecule has 0 bridgehead atoms. The van der Waals surface area contributed by atoms with Gasteiger partial charge in [0, 0.05) is 29.7 Å². The predicted molar refractivity (Wildman–Crippen MR) is 102 cm³/mol. The van der Waals surface area contributed by atoms with Crippen molar-refractivity contribution in [3.8, 4) is 11.3 Å². The Labute approximate surface area is 154 Å². The van der Waals surface area contributed by atoms with Crippen LogP contribution in [-0.4, -0.2) is 34.5 Å². The van der Waals surface area contributed by atoms with E-state index < -0.39 is 0 Å². The summed E-state index contributed by atoms with van der Waals surface area (Å²) >= 11 is 1.40. The smallest absolute Gasteiger partial charge is 0.345 e. The van der Waals surface area contributed by atoms with Crippen LogP contribution in [0, 0.1) is 0 Å². The van der Waals surface area contributed by atoms with Gasteiger partial charge in [-0.1, -0.05) is 11.8 Å². The van der Waals surface area contributed by atoms with Crippen molar-refractivity contribution >= 4 is 28.4 Å². The molecule has 2 aliphatic rings. The maximum Gasteiger partial charge on any atom is 0.345 e. The Hall–Kier alpha value is -2.41. The van der Waals surface area contributed by atoms with Crippen LogP contribution in [0.25, 0.3) is 22.2 Å². The van der Waals surface area contributed by atoms with Gasteiger partial charge in [-0.25, -0.2) is 9.78 Å². The molecule has 7 heteroatoms. The molecule has 0 unspecified atom stereocenters. The van der Waals surface area contributed by atoms with Crippen molar-refractivity contribution in [2.45, 2.75) is 30.8 Å². The first kappa shape index (κ1) is 15.8. The summed E-state index contributed by atoms with van der Waals surface area (Å²) in [5, 5.41) is 9.41. The third-order valence-corrected chi connectivity index (χ3v) is 5.75. The summed E-state index contributed by atoms with van der Waals surface area (Å²) in [6, 6.07) is 4.09. The van der Waals surface area contributed by atoms with Crippen LogP contribution in [0.2, 0.25) is 0 Å². The van der Waals surface area contributed by atoms with Crippen LogP contribution in [0.1, 0.15) is 24.0 Å². The molecule has 26 heavy (non-hydrogen) atoms. The van der Waals surface area contributed by atoms with Gasteiger partial charge < -0.3 is 9.32 Å². The summed E-state index contributed by atoms with van der Waals surface area (Å²) in [6.07, 6.45) is 7.71. The molecule has 0 radical (unpaired) electrons. The molecule has 0 saturated carbocycles. The number of rotatable bonds is 2. The molecule has 1 aromatic carbocycles. The Morgan fingerprint density at radius 1 is 1.19 bits per heavy atom. The number of hydrogen-bond acceptors (Lipinski definition) is 7. The first-order chi connectivity index (χ1) is 12.7. The van der Waals surface area contributed by atoms with Gasteiger partial charge >= 0.3 is 5.63 Å². The summed E-state index contributed by atoms with van der Waals surface area (Å²) in [7, 11) is 0. The second-order valence-corrected chi connectivity index (χ2v) is 7.52. The maximum atomic E-state index is 12.7. The van der Waals surface area contributed by atoms with Crippen molar-refractivity contribution in [3.63, 3.8) is 0 Å². The Kier molecular flexibility index (Phi) is 3.70. The highest BCUT2D eigenvalue weighted by Gasteiger charge is 2.27. The van der Waals surface area contributed by atoms with Crippen LogP contribution in [0.3, 0.4) is 0 Å². The molecule has 0 spiro atoms. The Morgan fingerprint density at radius 2 is 2.04 bits per heavy atom. The number of thioether (sulfide) groups is 1. The summed E-state index contributed by atoms with van der Waals surface area (Å²) in [5.41, 5.74) is 5.18. The van der Waals surface area contributed by atoms with E-state index in [9.17, 15) is 4.79 Å². The average molecular weight is 366 g/mol. The summed E-state index contributed by atoms with van der Waals surface area (Å²) in [4.78, 5) is 19.5. The van der Waals surface area contributed by atoms with Crippen molar-refractivity contribution in [2.24, 2.45) is 0 Å². The number of aromatic nitrogens is 3. The van der Waals surface area contributed by atoms with Crippen molar-refractivity contribution in [3.05, 3.63) is 39.9 Å². The summed E-state index contributed by atoms with van der Waals surface area (Å²) < 4.78 is 5.81. The molecular formula is C19H18N4O2S. The zero-order chi connectivity index (χ0) is 17.7. The normalized spacial score (nSPS) is 16.0. The van der Waals surface area contributed by atoms with E-state index in [4.69, 9.17) is 4.42 Å². The van der Waals surface area contributed by atoms with Gasteiger partial charge in [-0.05, 0) is 49.6 Å². The topological polar surface area (TPSA) is 72.1 Å². The number of anilines is 1. The zero-order valence-electron chi connectivity index (χ0n) is 14.5. The minimum absolute atomic E-state index is 0.366. The van der Waals surface area contributed by atoms with Crippen LogP contribution in [0.5, 0.6) is 0 Å². The first-order valence-electron chi connectivity index (χ1n) is 8.86. The van der Waals surface area contributed by atoms with Crippen LogP contribution >= 0.6 is 11.8 Å². The van der Waals surface area contributed by atoms with E-state index in [0.29, 0.717) is 16.4 Å². The van der Waals surface area contributed by atoms with Crippen molar-refractivity contribution in [1.29, 1.82) is 0 Å². The Balaban J connectivity index is 1.75. The van der Waals surface area contributed by atoms with Gasteiger partial charge in [0.05, 0.1) is 11.8 Å². The van der Waals surface area contributed by atoms with Crippen LogP contribution in [0.4, 0.5) is 5.69 Å². The third-order valence-electron chi connectivity index (χ3n) is 5.21. The lowest BCUT2D eigenvalue weighted by Gasteiger charge is -2.37. The maximum absolute atomic E-state index is 12.7. The average Bonchev–Trinajstić information content (AvgIpc) is 2.68. The second-order valence-electron chi connectivity index (χ2n) is 6.75. The summed E-state index contributed by atoms with van der Waals surface area (Å²) in [6.45, 7) is 2.19. The summed E-state index contributed by atoms with van der Waals surface area (Å²) in [5.74, 6) is 0. The lowest BCUT2D eigenvalue weighted by atomic mass is 9.90. The van der Waals surface area contributed by atoms with Gasteiger partial charge in [0.1, 0.15) is 11.3 Å². The highest BCUT2D eigenvalue weighted by Crippen LogP contribution is 2.40. The zero-order valence-corrected chi connectivity index (χ0v) is 15.3. The first-order valence-corrected chi connectivity index (χ1v) is 10.1. The SMILES string of the molecule is CSc1nncc(-c2cc3cc4c5c(c3oc2=O)CCCN5CCC4)n1. The lowest BCUT2D eigenvalue weighted by molar-refractivity contribution is 0.551. The molecule has 0 N–H and O–H groups in total. The van der Waals surface area contributed by atoms with Crippen LogP contribution < -0.4 is 10.5 Å². The number of nitrogens with zero attached hydrogens (tertiary/aromatic N) is 4. The van der Waals surface area contributed by atoms with E-state index in [2.05, 4.69) is 26.1 Å². The molecule has 0 atom stereocenters. The molecule has 0 aliphatic carbocycles. The molecule has 2 aromatic heterocycles. The molecule has 2 aliphatic heterocycles. The van der Waals surface area contributed by atoms with Crippen molar-refractivity contribution in [2.75, 3.05) is 24.2 Å². The molecule has 132 valence electrons. The molecule has 3 aromatic rings. The second kappa shape index (κ2) is 6.09. The lowest BCUT2D eigenvalue weighted by Crippen LogP contribution is -2.34. The quantitative estimate of drug-likeness (QED) is 0.510. The fraction of sp³-hybridized carbons (Fsp3) is 0.368. The highest BCUT2D eigenvalue weighted by atomic mass is 32.2. The van der Waals surface area contributed by atoms with Gasteiger partial charge in [0.25, 0.3) is 0 Å². The fourth-order valence-corrected chi connectivity index (χ4v) is 4.45. The van der Waals surface area contributed by atoms with Gasteiger partial charge in [0.2, 0.25) is 5.16 Å². The number of benzene rings is 1. The van der Waals surface area contributed by atoms with E-state index in [1.54, 1.807) is 0 Å². The van der Waals surface area contributed by atoms with E-state index in [-0.39, 0.29) is 5.63 Å². The van der Waals surface area contributed by atoms with Crippen molar-refractivity contribution < 1.29 is 4.42 Å². The van der Waals surface area contributed by atoms with E-state index in [1.165, 1.54) is 41.2 Å². The molecule has 5 rings (SSSR count). The molecule has 6 nitrogen and oxygen atoms in total. The van der Waals surface area contributed by atoms with Crippen molar-refractivity contribution in [1.82, 2.24) is 15.2 Å². The number of aryl methyl sites for hydroxylation is 2. The van der Waals surface area contributed by atoms with Gasteiger partial charge in [-0.3, -0.25) is 0 Å². The fourth-order valence-electron chi connectivity index (χ4n) is 4.13. The van der Waals surface area contributed by atoms with Crippen LogP contribution in [-0.2, 0) is 12.8 Å². The predicted octanol–water partition coefficient (Wildman–Crippen LogP) is 3.07. The monoisotopic (exact) mass is 366 g/mol. The largest absolute Gasteiger partial charge is 0.422 e. The van der Waals surface area contributed by atoms with E-state index in [0.717, 1.165) is 43.3 Å². The number of fused-ring (bicyclic) bond motifs is 2. The number of hydrogen-bond donors (Lipinski definition) is 0. The standard InChI is InChI=1S/C19H18N4O2S/c1-26-19-21-15(10-20-22-19)14-9-12-8-11-4-2-6-23-7-3-5-13(16(11)23)17(12)25-18(14)24/h8-10H,2-7H2,1H3. The molecule has 0 amide bonds.